The molecule has 1 heterocycles. The molecule has 3 rings (SSSR count). The van der Waals surface area contributed by atoms with Crippen molar-refractivity contribution in [3.8, 4) is 0 Å². The van der Waals surface area contributed by atoms with Crippen LogP contribution in [-0.2, 0) is 0 Å². The summed E-state index contributed by atoms with van der Waals surface area (Å²) in [5, 5.41) is 15.9. The third-order valence-electron chi connectivity index (χ3n) is 4.03. The monoisotopic (exact) mass is 271 g/mol. The zero-order valence-electron chi connectivity index (χ0n) is 11.4. The van der Waals surface area contributed by atoms with Crippen molar-refractivity contribution in [2.75, 3.05) is 11.9 Å². The van der Waals surface area contributed by atoms with Crippen molar-refractivity contribution >= 4 is 22.1 Å². The number of non-ortho nitro benzene ring substituents is 1. The van der Waals surface area contributed by atoms with Crippen molar-refractivity contribution in [2.45, 2.75) is 19.8 Å². The number of rotatable bonds is 5. The van der Waals surface area contributed by atoms with E-state index in [1.54, 1.807) is 30.6 Å². The van der Waals surface area contributed by atoms with Gasteiger partial charge < -0.3 is 5.32 Å². The minimum absolute atomic E-state index is 0.128. The molecular weight excluding hydrogens is 254 g/mol. The fraction of sp³-hybridized carbons (Fsp3) is 0.400. The molecule has 1 unspecified atom stereocenters. The highest BCUT2D eigenvalue weighted by atomic mass is 16.6. The summed E-state index contributed by atoms with van der Waals surface area (Å²) in [6.07, 6.45) is 5.93. The maximum absolute atomic E-state index is 11.1. The van der Waals surface area contributed by atoms with Crippen LogP contribution in [0.4, 0.5) is 11.4 Å². The minimum Gasteiger partial charge on any atom is -0.384 e. The largest absolute Gasteiger partial charge is 0.384 e. The average molecular weight is 271 g/mol. The lowest BCUT2D eigenvalue weighted by atomic mass is 10.1. The van der Waals surface area contributed by atoms with Gasteiger partial charge in [-0.3, -0.25) is 15.1 Å². The lowest BCUT2D eigenvalue weighted by molar-refractivity contribution is -0.383. The van der Waals surface area contributed by atoms with Gasteiger partial charge in [-0.1, -0.05) is 6.92 Å². The molecule has 0 saturated heterocycles. The molecular formula is C15H17N3O2. The molecule has 1 aliphatic rings. The molecule has 20 heavy (non-hydrogen) atoms. The first-order valence-corrected chi connectivity index (χ1v) is 6.92. The zero-order valence-corrected chi connectivity index (χ0v) is 11.4. The van der Waals surface area contributed by atoms with Gasteiger partial charge in [-0.05, 0) is 36.8 Å². The summed E-state index contributed by atoms with van der Waals surface area (Å²) < 4.78 is 0. The second kappa shape index (κ2) is 5.07. The van der Waals surface area contributed by atoms with Gasteiger partial charge in [-0.15, -0.1) is 0 Å². The summed E-state index contributed by atoms with van der Waals surface area (Å²) >= 11 is 0. The van der Waals surface area contributed by atoms with Crippen LogP contribution in [0.3, 0.4) is 0 Å². The normalized spacial score (nSPS) is 16.1. The first kappa shape index (κ1) is 12.8. The average Bonchev–Trinajstić information content (AvgIpc) is 3.28. The molecule has 1 aromatic heterocycles. The van der Waals surface area contributed by atoms with Crippen LogP contribution in [0.25, 0.3) is 10.8 Å². The molecule has 0 bridgehead atoms. The Bertz CT molecular complexity index is 653. The summed E-state index contributed by atoms with van der Waals surface area (Å²) in [7, 11) is 0. The van der Waals surface area contributed by atoms with E-state index in [9.17, 15) is 10.1 Å². The van der Waals surface area contributed by atoms with E-state index >= 15 is 0 Å². The van der Waals surface area contributed by atoms with Crippen molar-refractivity contribution in [3.05, 3.63) is 40.7 Å². The molecule has 1 N–H and O–H groups in total. The highest BCUT2D eigenvalue weighted by Gasteiger charge is 2.27. The second-order valence-electron chi connectivity index (χ2n) is 5.51. The van der Waals surface area contributed by atoms with E-state index in [1.807, 2.05) is 0 Å². The van der Waals surface area contributed by atoms with Gasteiger partial charge in [-0.25, -0.2) is 0 Å². The Morgan fingerprint density at radius 3 is 2.90 bits per heavy atom. The number of pyridine rings is 1. The fourth-order valence-corrected chi connectivity index (χ4v) is 2.59. The molecule has 0 radical (unpaired) electrons. The van der Waals surface area contributed by atoms with Crippen LogP contribution in [0.5, 0.6) is 0 Å². The summed E-state index contributed by atoms with van der Waals surface area (Å²) in [6, 6.07) is 5.04. The van der Waals surface area contributed by atoms with Crippen LogP contribution in [0, 0.1) is 22.0 Å². The van der Waals surface area contributed by atoms with Crippen molar-refractivity contribution in [2.24, 2.45) is 11.8 Å². The number of fused-ring (bicyclic) bond motifs is 1. The van der Waals surface area contributed by atoms with Gasteiger partial charge in [0, 0.05) is 36.1 Å². The number of aromatic nitrogens is 1. The van der Waals surface area contributed by atoms with Crippen LogP contribution < -0.4 is 5.32 Å². The van der Waals surface area contributed by atoms with Gasteiger partial charge in [0.1, 0.15) is 0 Å². The molecule has 0 aliphatic heterocycles. The molecule has 1 aromatic carbocycles. The van der Waals surface area contributed by atoms with Gasteiger partial charge in [0.2, 0.25) is 0 Å². The third kappa shape index (κ3) is 2.43. The highest BCUT2D eigenvalue weighted by molar-refractivity contribution is 5.99. The standard InChI is InChI=1S/C15H17N3O2/c1-10(11-2-3-11)8-17-14-4-5-15(18(19)20)12-6-7-16-9-13(12)14/h4-7,9-11,17H,2-3,8H2,1H3. The van der Waals surface area contributed by atoms with Crippen LogP contribution in [-0.4, -0.2) is 16.5 Å². The zero-order chi connectivity index (χ0) is 14.1. The van der Waals surface area contributed by atoms with Crippen LogP contribution in [0.2, 0.25) is 0 Å². The molecule has 0 spiro atoms. The van der Waals surface area contributed by atoms with E-state index in [1.165, 1.54) is 12.8 Å². The molecule has 5 heteroatoms. The quantitative estimate of drug-likeness (QED) is 0.666. The fourth-order valence-electron chi connectivity index (χ4n) is 2.59. The number of anilines is 1. The number of hydrogen-bond donors (Lipinski definition) is 1. The van der Waals surface area contributed by atoms with Crippen molar-refractivity contribution in [1.29, 1.82) is 0 Å². The van der Waals surface area contributed by atoms with Crippen LogP contribution >= 0.6 is 0 Å². The third-order valence-corrected chi connectivity index (χ3v) is 4.03. The number of nitro groups is 1. The smallest absolute Gasteiger partial charge is 0.277 e. The molecule has 2 aromatic rings. The number of nitro benzene ring substituents is 1. The van der Waals surface area contributed by atoms with E-state index in [0.29, 0.717) is 11.3 Å². The SMILES string of the molecule is CC(CNc1ccc([N+](=O)[O-])c2ccncc12)C1CC1. The molecule has 1 saturated carbocycles. The van der Waals surface area contributed by atoms with Crippen molar-refractivity contribution in [3.63, 3.8) is 0 Å². The molecule has 5 nitrogen and oxygen atoms in total. The van der Waals surface area contributed by atoms with E-state index in [-0.39, 0.29) is 10.6 Å². The van der Waals surface area contributed by atoms with E-state index in [2.05, 4.69) is 17.2 Å². The predicted octanol–water partition coefficient (Wildman–Crippen LogP) is 3.60. The van der Waals surface area contributed by atoms with Crippen LogP contribution in [0.15, 0.2) is 30.6 Å². The lowest BCUT2D eigenvalue weighted by Gasteiger charge is -2.14. The molecule has 104 valence electrons. The Hall–Kier alpha value is -2.17. The Kier molecular flexibility index (Phi) is 3.26. The number of benzene rings is 1. The van der Waals surface area contributed by atoms with Gasteiger partial charge in [0.05, 0.1) is 10.3 Å². The minimum atomic E-state index is -0.348. The Labute approximate surface area is 117 Å². The lowest BCUT2D eigenvalue weighted by Crippen LogP contribution is -2.13. The molecule has 1 fully saturated rings. The van der Waals surface area contributed by atoms with Gasteiger partial charge in [-0.2, -0.15) is 0 Å². The summed E-state index contributed by atoms with van der Waals surface area (Å²) in [5.74, 6) is 1.47. The van der Waals surface area contributed by atoms with E-state index < -0.39 is 0 Å². The van der Waals surface area contributed by atoms with E-state index in [4.69, 9.17) is 0 Å². The Morgan fingerprint density at radius 1 is 1.40 bits per heavy atom. The maximum Gasteiger partial charge on any atom is 0.277 e. The summed E-state index contributed by atoms with van der Waals surface area (Å²) in [4.78, 5) is 14.8. The predicted molar refractivity (Wildman–Crippen MR) is 78.8 cm³/mol. The number of nitrogens with zero attached hydrogens (tertiary/aromatic N) is 2. The summed E-state index contributed by atoms with van der Waals surface area (Å²) in [6.45, 7) is 3.14. The van der Waals surface area contributed by atoms with Crippen LogP contribution in [0.1, 0.15) is 19.8 Å². The molecule has 0 amide bonds. The Morgan fingerprint density at radius 2 is 2.20 bits per heavy atom. The first-order chi connectivity index (χ1) is 9.66. The number of hydrogen-bond acceptors (Lipinski definition) is 4. The first-order valence-electron chi connectivity index (χ1n) is 6.92. The highest BCUT2D eigenvalue weighted by Crippen LogP contribution is 2.37. The summed E-state index contributed by atoms with van der Waals surface area (Å²) in [5.41, 5.74) is 1.05. The van der Waals surface area contributed by atoms with Crippen molar-refractivity contribution in [1.82, 2.24) is 4.98 Å². The maximum atomic E-state index is 11.1. The topological polar surface area (TPSA) is 68.1 Å². The van der Waals surface area contributed by atoms with Gasteiger partial charge in [0.15, 0.2) is 0 Å². The van der Waals surface area contributed by atoms with Gasteiger partial charge in [0.25, 0.3) is 5.69 Å². The second-order valence-corrected chi connectivity index (χ2v) is 5.51. The van der Waals surface area contributed by atoms with Gasteiger partial charge >= 0.3 is 0 Å². The van der Waals surface area contributed by atoms with E-state index in [0.717, 1.165) is 23.5 Å². The van der Waals surface area contributed by atoms with Crippen molar-refractivity contribution < 1.29 is 4.92 Å². The number of nitrogens with one attached hydrogen (secondary N) is 1. The Balaban J connectivity index is 1.91. The molecule has 1 aliphatic carbocycles. The molecule has 1 atom stereocenters.